The lowest BCUT2D eigenvalue weighted by molar-refractivity contribution is -0.0434. The summed E-state index contributed by atoms with van der Waals surface area (Å²) in [4.78, 5) is 20.5. The van der Waals surface area contributed by atoms with Gasteiger partial charge in [-0.2, -0.15) is 5.26 Å². The summed E-state index contributed by atoms with van der Waals surface area (Å²) in [6.45, 7) is 9.04. The molecule has 3 rings (SSSR count). The zero-order valence-corrected chi connectivity index (χ0v) is 14.6. The van der Waals surface area contributed by atoms with E-state index < -0.39 is 5.60 Å². The van der Waals surface area contributed by atoms with Gasteiger partial charge in [-0.15, -0.1) is 0 Å². The first-order valence-corrected chi connectivity index (χ1v) is 8.39. The maximum Gasteiger partial charge on any atom is 0.410 e. The molecule has 6 heteroatoms. The number of carbonyl (C=O) groups excluding carboxylic acids is 1. The third kappa shape index (κ3) is 3.45. The van der Waals surface area contributed by atoms with E-state index in [9.17, 15) is 4.79 Å². The van der Waals surface area contributed by atoms with Crippen LogP contribution in [0, 0.1) is 16.7 Å². The van der Waals surface area contributed by atoms with E-state index in [2.05, 4.69) is 16.0 Å². The Hall–Kier alpha value is -2.29. The highest BCUT2D eigenvalue weighted by atomic mass is 16.6. The molecule has 1 amide bonds. The minimum absolute atomic E-state index is 0.209. The predicted molar refractivity (Wildman–Crippen MR) is 90.6 cm³/mol. The summed E-state index contributed by atoms with van der Waals surface area (Å²) in [6, 6.07) is 5.72. The molecule has 0 aliphatic carbocycles. The van der Waals surface area contributed by atoms with E-state index >= 15 is 0 Å². The Morgan fingerprint density at radius 1 is 1.33 bits per heavy atom. The van der Waals surface area contributed by atoms with Crippen LogP contribution in [-0.2, 0) is 4.74 Å². The molecule has 0 radical (unpaired) electrons. The second kappa shape index (κ2) is 5.97. The van der Waals surface area contributed by atoms with Crippen LogP contribution in [0.5, 0.6) is 0 Å². The highest BCUT2D eigenvalue weighted by Gasteiger charge is 2.47. The summed E-state index contributed by atoms with van der Waals surface area (Å²) >= 11 is 0. The Balaban J connectivity index is 1.53. The van der Waals surface area contributed by atoms with Crippen molar-refractivity contribution in [2.24, 2.45) is 5.41 Å². The lowest BCUT2D eigenvalue weighted by Gasteiger charge is -2.53. The number of amides is 1. The maximum absolute atomic E-state index is 12.1. The van der Waals surface area contributed by atoms with Crippen LogP contribution >= 0.6 is 0 Å². The standard InChI is InChI=1S/C18H24N4O2/c1-17(2,3)24-16(23)22-12-18(13-22)5-8-21(9-6-18)15-10-14(11-19)4-7-20-15/h4,7,10H,5-6,8-9,12-13H2,1-3H3. The van der Waals surface area contributed by atoms with Crippen molar-refractivity contribution in [2.45, 2.75) is 39.2 Å². The van der Waals surface area contributed by atoms with Crippen molar-refractivity contribution in [3.8, 4) is 6.07 Å². The quantitative estimate of drug-likeness (QED) is 0.793. The predicted octanol–water partition coefficient (Wildman–Crippen LogP) is 2.79. The fourth-order valence-corrected chi connectivity index (χ4v) is 3.41. The number of nitrogens with zero attached hydrogens (tertiary/aromatic N) is 4. The first-order valence-electron chi connectivity index (χ1n) is 8.39. The first-order chi connectivity index (χ1) is 11.3. The van der Waals surface area contributed by atoms with Crippen LogP contribution in [0.4, 0.5) is 10.6 Å². The average Bonchev–Trinajstić information content (AvgIpc) is 2.51. The van der Waals surface area contributed by atoms with Crippen LogP contribution in [0.2, 0.25) is 0 Å². The number of nitriles is 1. The van der Waals surface area contributed by atoms with Gasteiger partial charge in [0.15, 0.2) is 0 Å². The maximum atomic E-state index is 12.1. The second-order valence-electron chi connectivity index (χ2n) is 7.84. The Morgan fingerprint density at radius 3 is 2.58 bits per heavy atom. The van der Waals surface area contributed by atoms with Crippen molar-refractivity contribution < 1.29 is 9.53 Å². The van der Waals surface area contributed by atoms with Crippen molar-refractivity contribution in [3.05, 3.63) is 23.9 Å². The minimum Gasteiger partial charge on any atom is -0.444 e. The van der Waals surface area contributed by atoms with Gasteiger partial charge in [0.05, 0.1) is 11.6 Å². The molecular weight excluding hydrogens is 304 g/mol. The van der Waals surface area contributed by atoms with E-state index in [4.69, 9.17) is 10.00 Å². The fourth-order valence-electron chi connectivity index (χ4n) is 3.41. The lowest BCUT2D eigenvalue weighted by Crippen LogP contribution is -2.62. The Labute approximate surface area is 143 Å². The van der Waals surface area contributed by atoms with Gasteiger partial charge in [0.1, 0.15) is 11.4 Å². The number of likely N-dealkylation sites (tertiary alicyclic amines) is 1. The number of ether oxygens (including phenoxy) is 1. The minimum atomic E-state index is -0.444. The molecule has 0 bridgehead atoms. The van der Waals surface area contributed by atoms with Crippen LogP contribution in [0.3, 0.4) is 0 Å². The number of rotatable bonds is 1. The highest BCUT2D eigenvalue weighted by molar-refractivity contribution is 5.69. The molecular formula is C18H24N4O2. The third-order valence-corrected chi connectivity index (χ3v) is 4.73. The zero-order valence-electron chi connectivity index (χ0n) is 14.6. The van der Waals surface area contributed by atoms with Crippen molar-refractivity contribution in [1.29, 1.82) is 5.26 Å². The molecule has 24 heavy (non-hydrogen) atoms. The van der Waals surface area contributed by atoms with Crippen LogP contribution < -0.4 is 4.90 Å². The van der Waals surface area contributed by atoms with Gasteiger partial charge in [0, 0.05) is 37.8 Å². The lowest BCUT2D eigenvalue weighted by atomic mass is 9.72. The summed E-state index contributed by atoms with van der Waals surface area (Å²) in [5.41, 5.74) is 0.418. The van der Waals surface area contributed by atoms with Crippen LogP contribution in [-0.4, -0.2) is 47.8 Å². The molecule has 0 atom stereocenters. The number of piperidine rings is 1. The number of carbonyl (C=O) groups is 1. The molecule has 1 aromatic rings. The highest BCUT2D eigenvalue weighted by Crippen LogP contribution is 2.41. The van der Waals surface area contributed by atoms with E-state index in [1.165, 1.54) is 0 Å². The Bertz CT molecular complexity index is 658. The monoisotopic (exact) mass is 328 g/mol. The van der Waals surface area contributed by atoms with Crippen LogP contribution in [0.1, 0.15) is 39.2 Å². The molecule has 2 aliphatic heterocycles. The molecule has 128 valence electrons. The van der Waals surface area contributed by atoms with E-state index in [1.54, 1.807) is 17.2 Å². The van der Waals surface area contributed by atoms with Gasteiger partial charge >= 0.3 is 6.09 Å². The van der Waals surface area contributed by atoms with E-state index in [0.717, 1.165) is 44.8 Å². The average molecular weight is 328 g/mol. The SMILES string of the molecule is CC(C)(C)OC(=O)N1CC2(CCN(c3cc(C#N)ccn3)CC2)C1. The summed E-state index contributed by atoms with van der Waals surface area (Å²) < 4.78 is 5.43. The summed E-state index contributed by atoms with van der Waals surface area (Å²) in [6.07, 6.45) is 3.54. The summed E-state index contributed by atoms with van der Waals surface area (Å²) in [5.74, 6) is 0.868. The van der Waals surface area contributed by atoms with Gasteiger partial charge in [-0.05, 0) is 45.7 Å². The molecule has 2 aliphatic rings. The molecule has 2 saturated heterocycles. The van der Waals surface area contributed by atoms with Crippen molar-refractivity contribution in [2.75, 3.05) is 31.1 Å². The first kappa shape index (κ1) is 16.6. The number of anilines is 1. The Morgan fingerprint density at radius 2 is 2.00 bits per heavy atom. The van der Waals surface area contributed by atoms with Gasteiger partial charge in [0.2, 0.25) is 0 Å². The van der Waals surface area contributed by atoms with Gasteiger partial charge in [-0.1, -0.05) is 0 Å². The van der Waals surface area contributed by atoms with Crippen LogP contribution in [0.25, 0.3) is 0 Å². The molecule has 3 heterocycles. The summed E-state index contributed by atoms with van der Waals surface area (Å²) in [5, 5.41) is 9.01. The fraction of sp³-hybridized carbons (Fsp3) is 0.611. The molecule has 1 spiro atoms. The largest absolute Gasteiger partial charge is 0.444 e. The molecule has 0 unspecified atom stereocenters. The molecule has 2 fully saturated rings. The van der Waals surface area contributed by atoms with Gasteiger partial charge in [0.25, 0.3) is 0 Å². The zero-order chi connectivity index (χ0) is 17.4. The normalized spacial score (nSPS) is 19.6. The number of hydrogen-bond donors (Lipinski definition) is 0. The molecule has 6 nitrogen and oxygen atoms in total. The Kier molecular flexibility index (Phi) is 4.12. The molecule has 0 saturated carbocycles. The van der Waals surface area contributed by atoms with Crippen LogP contribution in [0.15, 0.2) is 18.3 Å². The molecule has 0 aromatic carbocycles. The van der Waals surface area contributed by atoms with E-state index in [0.29, 0.717) is 5.56 Å². The number of hydrogen-bond acceptors (Lipinski definition) is 5. The van der Waals surface area contributed by atoms with E-state index in [-0.39, 0.29) is 11.5 Å². The van der Waals surface area contributed by atoms with Gasteiger partial charge in [-0.25, -0.2) is 9.78 Å². The van der Waals surface area contributed by atoms with E-state index in [1.807, 2.05) is 26.8 Å². The number of pyridine rings is 1. The third-order valence-electron chi connectivity index (χ3n) is 4.73. The van der Waals surface area contributed by atoms with Crippen molar-refractivity contribution in [3.63, 3.8) is 0 Å². The van der Waals surface area contributed by atoms with Gasteiger partial charge < -0.3 is 14.5 Å². The molecule has 0 N–H and O–H groups in total. The molecule has 1 aromatic heterocycles. The van der Waals surface area contributed by atoms with Crippen molar-refractivity contribution in [1.82, 2.24) is 9.88 Å². The topological polar surface area (TPSA) is 69.5 Å². The summed E-state index contributed by atoms with van der Waals surface area (Å²) in [7, 11) is 0. The smallest absolute Gasteiger partial charge is 0.410 e. The van der Waals surface area contributed by atoms with Gasteiger partial charge in [-0.3, -0.25) is 0 Å². The second-order valence-corrected chi connectivity index (χ2v) is 7.84. The van der Waals surface area contributed by atoms with Crippen molar-refractivity contribution >= 4 is 11.9 Å². The number of aromatic nitrogens is 1.